The molecule has 0 heterocycles. The van der Waals surface area contributed by atoms with Gasteiger partial charge in [0.2, 0.25) is 0 Å². The molecule has 0 aliphatic heterocycles. The minimum Gasteiger partial charge on any atom is -0.461 e. The topological polar surface area (TPSA) is 125 Å². The minimum atomic E-state index is -1.31. The number of thiol groups is 1. The maximum atomic E-state index is 13.2. The lowest BCUT2D eigenvalue weighted by molar-refractivity contribution is -0.174. The molecule has 56 heavy (non-hydrogen) atoms. The van der Waals surface area contributed by atoms with Gasteiger partial charge in [0.05, 0.1) is 19.8 Å². The van der Waals surface area contributed by atoms with E-state index in [1.165, 1.54) is 89.9 Å². The fraction of sp³-hybridized carbons (Fsp3) is 0.848. The summed E-state index contributed by atoms with van der Waals surface area (Å²) in [6.45, 7) is 5.05. The summed E-state index contributed by atoms with van der Waals surface area (Å²) in [5.74, 6) is -0.764. The molecule has 1 unspecified atom stereocenters. The summed E-state index contributed by atoms with van der Waals surface area (Å²) in [5.41, 5.74) is -1.31. The third-order valence-electron chi connectivity index (χ3n) is 10.4. The summed E-state index contributed by atoms with van der Waals surface area (Å²) in [6.07, 6.45) is 40.4. The van der Waals surface area contributed by atoms with Gasteiger partial charge in [-0.05, 0) is 64.2 Å². The van der Waals surface area contributed by atoms with Crippen LogP contribution >= 0.6 is 12.6 Å². The van der Waals surface area contributed by atoms with Gasteiger partial charge in [-0.3, -0.25) is 19.3 Å². The van der Waals surface area contributed by atoms with Crippen molar-refractivity contribution < 1.29 is 34.1 Å². The second-order valence-corrected chi connectivity index (χ2v) is 16.1. The molecule has 1 amide bonds. The van der Waals surface area contributed by atoms with Crippen molar-refractivity contribution in [2.24, 2.45) is 0 Å². The lowest BCUT2D eigenvalue weighted by Crippen LogP contribution is -2.51. The highest BCUT2D eigenvalue weighted by molar-refractivity contribution is 7.96. The molecule has 328 valence electrons. The summed E-state index contributed by atoms with van der Waals surface area (Å²) in [5, 5.41) is 21.1. The standard InChI is InChI=1S/C46H86N2O7S/c1-3-5-7-9-11-13-15-17-19-21-23-25-27-29-31-33-43(51)54-42-46(41-47-45(53)56,35-36-48(37-39-49)38-40-50)55-44(52)34-32-30-28-26-24-22-20-18-16-14-12-10-8-6-4-2/h17-20,49-50H,3-16,21-42H2,1-2H3,(H2,47,53,56). The van der Waals surface area contributed by atoms with Crippen molar-refractivity contribution in [2.75, 3.05) is 46.0 Å². The van der Waals surface area contributed by atoms with Crippen LogP contribution in [0.25, 0.3) is 0 Å². The van der Waals surface area contributed by atoms with E-state index >= 15 is 0 Å². The first-order chi connectivity index (χ1) is 27.3. The highest BCUT2D eigenvalue weighted by Crippen LogP contribution is 2.21. The SMILES string of the molecule is CCCCCCCCC=CCCCCCCCC(=O)OCC(CCN(CCO)CCO)(CNC(=O)S)OC(=O)CCCCCCCC=CCCCCCCCC. The molecule has 0 aromatic carbocycles. The number of hydrogen-bond donors (Lipinski definition) is 4. The van der Waals surface area contributed by atoms with E-state index in [9.17, 15) is 24.6 Å². The molecule has 0 bridgehead atoms. The van der Waals surface area contributed by atoms with Crippen LogP contribution in [-0.4, -0.2) is 83.9 Å². The Morgan fingerprint density at radius 3 is 1.38 bits per heavy atom. The van der Waals surface area contributed by atoms with Crippen molar-refractivity contribution in [3.05, 3.63) is 24.3 Å². The van der Waals surface area contributed by atoms with Gasteiger partial charge in [-0.25, -0.2) is 0 Å². The lowest BCUT2D eigenvalue weighted by atomic mass is 9.99. The number of rotatable bonds is 42. The number of amides is 1. The fourth-order valence-electron chi connectivity index (χ4n) is 6.80. The van der Waals surface area contributed by atoms with Gasteiger partial charge >= 0.3 is 11.9 Å². The van der Waals surface area contributed by atoms with Gasteiger partial charge in [0.1, 0.15) is 6.61 Å². The van der Waals surface area contributed by atoms with Crippen LogP contribution in [0.1, 0.15) is 200 Å². The molecule has 0 aliphatic rings. The monoisotopic (exact) mass is 811 g/mol. The highest BCUT2D eigenvalue weighted by atomic mass is 32.1. The van der Waals surface area contributed by atoms with E-state index in [4.69, 9.17) is 9.47 Å². The van der Waals surface area contributed by atoms with Crippen molar-refractivity contribution in [3.8, 4) is 0 Å². The molecule has 0 saturated carbocycles. The fourth-order valence-corrected chi connectivity index (χ4v) is 6.88. The highest BCUT2D eigenvalue weighted by Gasteiger charge is 2.37. The van der Waals surface area contributed by atoms with E-state index in [-0.39, 0.29) is 51.6 Å². The normalized spacial score (nSPS) is 12.8. The second-order valence-electron chi connectivity index (χ2n) is 15.7. The zero-order valence-corrected chi connectivity index (χ0v) is 37.0. The molecular formula is C46H86N2O7S. The van der Waals surface area contributed by atoms with Gasteiger partial charge in [-0.15, -0.1) is 0 Å². The molecule has 0 rings (SSSR count). The van der Waals surface area contributed by atoms with Crippen LogP contribution in [0.3, 0.4) is 0 Å². The average molecular weight is 811 g/mol. The molecule has 0 aliphatic carbocycles. The zero-order chi connectivity index (χ0) is 41.2. The predicted octanol–water partition coefficient (Wildman–Crippen LogP) is 11.2. The average Bonchev–Trinajstić information content (AvgIpc) is 3.18. The first-order valence-corrected chi connectivity index (χ1v) is 23.4. The maximum Gasteiger partial charge on any atom is 0.306 e. The van der Waals surface area contributed by atoms with Gasteiger partial charge in [0.25, 0.3) is 5.24 Å². The Kier molecular flexibility index (Phi) is 39.9. The van der Waals surface area contributed by atoms with E-state index in [2.05, 4.69) is 56.1 Å². The van der Waals surface area contributed by atoms with Gasteiger partial charge in [-0.1, -0.05) is 154 Å². The zero-order valence-electron chi connectivity index (χ0n) is 36.1. The molecule has 0 saturated heterocycles. The lowest BCUT2D eigenvalue weighted by Gasteiger charge is -2.35. The van der Waals surface area contributed by atoms with Gasteiger partial charge in [-0.2, -0.15) is 0 Å². The number of nitrogens with one attached hydrogen (secondary N) is 1. The molecule has 3 N–H and O–H groups in total. The van der Waals surface area contributed by atoms with Gasteiger partial charge in [0, 0.05) is 38.9 Å². The van der Waals surface area contributed by atoms with Crippen molar-refractivity contribution in [1.29, 1.82) is 0 Å². The van der Waals surface area contributed by atoms with Crippen LogP contribution in [0, 0.1) is 0 Å². The molecule has 0 fully saturated rings. The Morgan fingerprint density at radius 2 is 0.964 bits per heavy atom. The van der Waals surface area contributed by atoms with E-state index < -0.39 is 16.8 Å². The summed E-state index contributed by atoms with van der Waals surface area (Å²) >= 11 is 3.86. The number of hydrogen-bond acceptors (Lipinski definition) is 8. The van der Waals surface area contributed by atoms with Crippen LogP contribution in [0.2, 0.25) is 0 Å². The van der Waals surface area contributed by atoms with Crippen LogP contribution in [0.15, 0.2) is 24.3 Å². The first kappa shape index (κ1) is 54.1. The summed E-state index contributed by atoms with van der Waals surface area (Å²) < 4.78 is 11.8. The van der Waals surface area contributed by atoms with Crippen molar-refractivity contribution >= 4 is 29.8 Å². The molecule has 9 nitrogen and oxygen atoms in total. The van der Waals surface area contributed by atoms with E-state index in [1.807, 2.05) is 4.90 Å². The number of nitrogens with zero attached hydrogens (tertiary/aromatic N) is 1. The number of carbonyl (C=O) groups excluding carboxylic acids is 3. The van der Waals surface area contributed by atoms with Gasteiger partial charge < -0.3 is 25.0 Å². The molecule has 10 heteroatoms. The van der Waals surface area contributed by atoms with E-state index in [0.29, 0.717) is 26.1 Å². The Labute approximate surface area is 349 Å². The Balaban J connectivity index is 4.78. The third kappa shape index (κ3) is 36.5. The number of allylic oxidation sites excluding steroid dienone is 4. The summed E-state index contributed by atoms with van der Waals surface area (Å²) in [6, 6.07) is 0. The van der Waals surface area contributed by atoms with Crippen molar-refractivity contribution in [2.45, 2.75) is 206 Å². The smallest absolute Gasteiger partial charge is 0.306 e. The van der Waals surface area contributed by atoms with Crippen LogP contribution in [0.4, 0.5) is 4.79 Å². The van der Waals surface area contributed by atoms with E-state index in [1.54, 1.807) is 0 Å². The Hall–Kier alpha value is -1.88. The van der Waals surface area contributed by atoms with Gasteiger partial charge in [0.15, 0.2) is 5.60 Å². The van der Waals surface area contributed by atoms with Crippen molar-refractivity contribution in [1.82, 2.24) is 10.2 Å². The quantitative estimate of drug-likeness (QED) is 0.0208. The first-order valence-electron chi connectivity index (χ1n) is 22.9. The molecule has 1 atom stereocenters. The number of esters is 2. The number of carbonyl (C=O) groups is 3. The number of aliphatic hydroxyl groups is 2. The maximum absolute atomic E-state index is 13.2. The second kappa shape index (κ2) is 41.3. The van der Waals surface area contributed by atoms with Crippen LogP contribution in [0.5, 0.6) is 0 Å². The summed E-state index contributed by atoms with van der Waals surface area (Å²) in [4.78, 5) is 39.8. The van der Waals surface area contributed by atoms with Crippen LogP contribution in [-0.2, 0) is 19.1 Å². The molecule has 0 radical (unpaired) electrons. The molecule has 0 spiro atoms. The van der Waals surface area contributed by atoms with E-state index in [0.717, 1.165) is 70.6 Å². The largest absolute Gasteiger partial charge is 0.461 e. The number of aliphatic hydroxyl groups excluding tert-OH is 2. The van der Waals surface area contributed by atoms with Crippen LogP contribution < -0.4 is 5.32 Å². The molecule has 0 aromatic rings. The summed E-state index contributed by atoms with van der Waals surface area (Å²) in [7, 11) is 0. The Bertz CT molecular complexity index is 973. The number of unbranched alkanes of at least 4 members (excludes halogenated alkanes) is 22. The molecular weight excluding hydrogens is 725 g/mol. The predicted molar refractivity (Wildman–Crippen MR) is 236 cm³/mol. The third-order valence-corrected chi connectivity index (χ3v) is 10.5. The van der Waals surface area contributed by atoms with Crippen molar-refractivity contribution in [3.63, 3.8) is 0 Å². The minimum absolute atomic E-state index is 0.0692. The number of ether oxygens (including phenoxy) is 2. The molecule has 0 aromatic heterocycles. The Morgan fingerprint density at radius 1 is 0.571 bits per heavy atom.